The summed E-state index contributed by atoms with van der Waals surface area (Å²) in [6.45, 7) is 1.09. The quantitative estimate of drug-likeness (QED) is 0.837. The lowest BCUT2D eigenvalue weighted by Crippen LogP contribution is -2.16. The first kappa shape index (κ1) is 18.0. The van der Waals surface area contributed by atoms with Crippen LogP contribution < -0.4 is 24.7 Å². The Morgan fingerprint density at radius 2 is 1.85 bits per heavy atom. The van der Waals surface area contributed by atoms with Gasteiger partial charge in [0.2, 0.25) is 10.0 Å². The number of anilines is 1. The van der Waals surface area contributed by atoms with Crippen molar-refractivity contribution < 1.29 is 27.4 Å². The summed E-state index contributed by atoms with van der Waals surface area (Å²) in [6, 6.07) is 8.85. The van der Waals surface area contributed by atoms with E-state index in [0.717, 1.165) is 6.42 Å². The number of primary sulfonamides is 1. The fraction of sp³-hybridized carbons (Fsp3) is 0.235. The topological polar surface area (TPSA) is 117 Å². The summed E-state index contributed by atoms with van der Waals surface area (Å²) in [4.78, 5) is 12.4. The van der Waals surface area contributed by atoms with Crippen molar-refractivity contribution in [2.45, 2.75) is 11.3 Å². The Hall–Kier alpha value is -2.78. The lowest BCUT2D eigenvalue weighted by molar-refractivity contribution is 0.102. The van der Waals surface area contributed by atoms with E-state index in [4.69, 9.17) is 19.3 Å². The molecule has 2 aromatic rings. The predicted octanol–water partition coefficient (Wildman–Crippen LogP) is 1.76. The van der Waals surface area contributed by atoms with E-state index in [1.54, 1.807) is 18.2 Å². The van der Waals surface area contributed by atoms with Crippen molar-refractivity contribution >= 4 is 21.6 Å². The van der Waals surface area contributed by atoms with Crippen LogP contribution in [0.25, 0.3) is 0 Å². The van der Waals surface area contributed by atoms with Crippen LogP contribution in [0.4, 0.5) is 5.69 Å². The van der Waals surface area contributed by atoms with Crippen molar-refractivity contribution in [3.8, 4) is 17.2 Å². The summed E-state index contributed by atoms with van der Waals surface area (Å²) in [7, 11) is -2.56. The van der Waals surface area contributed by atoms with E-state index in [0.29, 0.717) is 30.4 Å². The molecule has 0 fully saturated rings. The highest BCUT2D eigenvalue weighted by Gasteiger charge is 2.18. The second-order valence-corrected chi connectivity index (χ2v) is 7.13. The maximum absolute atomic E-state index is 12.6. The lowest BCUT2D eigenvalue weighted by Gasteiger charge is -2.12. The van der Waals surface area contributed by atoms with Gasteiger partial charge in [-0.3, -0.25) is 4.79 Å². The lowest BCUT2D eigenvalue weighted by atomic mass is 10.1. The molecule has 0 atom stereocenters. The molecule has 0 spiro atoms. The summed E-state index contributed by atoms with van der Waals surface area (Å²) in [6.07, 6.45) is 0.772. The van der Waals surface area contributed by atoms with Gasteiger partial charge in [-0.25, -0.2) is 13.6 Å². The monoisotopic (exact) mass is 378 g/mol. The van der Waals surface area contributed by atoms with Gasteiger partial charge >= 0.3 is 0 Å². The molecule has 0 radical (unpaired) electrons. The Labute approximate surface area is 150 Å². The Kier molecular flexibility index (Phi) is 5.01. The minimum Gasteiger partial charge on any atom is -0.496 e. The molecule has 138 valence electrons. The number of sulfonamides is 1. The third kappa shape index (κ3) is 3.89. The molecule has 0 saturated carbocycles. The fourth-order valence-corrected chi connectivity index (χ4v) is 3.02. The van der Waals surface area contributed by atoms with E-state index in [1.807, 2.05) is 0 Å². The summed E-state index contributed by atoms with van der Waals surface area (Å²) in [5.41, 5.74) is 0.522. The molecule has 1 amide bonds. The molecule has 0 unspecified atom stereocenters. The van der Waals surface area contributed by atoms with Gasteiger partial charge in [-0.05, 0) is 30.3 Å². The number of benzene rings is 2. The van der Waals surface area contributed by atoms with Gasteiger partial charge in [-0.1, -0.05) is 0 Å². The average molecular weight is 378 g/mol. The SMILES string of the molecule is COc1ccc(S(N)(=O)=O)cc1C(=O)Nc1ccc2c(c1)OCCCO2. The van der Waals surface area contributed by atoms with Crippen LogP contribution in [0.15, 0.2) is 41.3 Å². The second kappa shape index (κ2) is 7.22. The molecule has 1 heterocycles. The van der Waals surface area contributed by atoms with Crippen LogP contribution in [0.3, 0.4) is 0 Å². The number of methoxy groups -OCH3 is 1. The fourth-order valence-electron chi connectivity index (χ4n) is 2.48. The highest BCUT2D eigenvalue weighted by Crippen LogP contribution is 2.32. The van der Waals surface area contributed by atoms with Crippen molar-refractivity contribution in [1.29, 1.82) is 0 Å². The number of amides is 1. The summed E-state index contributed by atoms with van der Waals surface area (Å²) < 4.78 is 39.3. The van der Waals surface area contributed by atoms with Crippen molar-refractivity contribution in [3.05, 3.63) is 42.0 Å². The van der Waals surface area contributed by atoms with Gasteiger partial charge in [0.15, 0.2) is 11.5 Å². The Morgan fingerprint density at radius 1 is 1.12 bits per heavy atom. The number of nitrogens with one attached hydrogen (secondary N) is 1. The first-order chi connectivity index (χ1) is 12.4. The van der Waals surface area contributed by atoms with Crippen LogP contribution in [0.5, 0.6) is 17.2 Å². The number of fused-ring (bicyclic) bond motifs is 1. The first-order valence-electron chi connectivity index (χ1n) is 7.80. The van der Waals surface area contributed by atoms with Crippen LogP contribution >= 0.6 is 0 Å². The number of rotatable bonds is 4. The molecule has 0 saturated heterocycles. The zero-order valence-corrected chi connectivity index (χ0v) is 14.8. The van der Waals surface area contributed by atoms with Crippen LogP contribution in [-0.2, 0) is 10.0 Å². The summed E-state index contributed by atoms with van der Waals surface area (Å²) in [5.74, 6) is 0.825. The molecule has 3 rings (SSSR count). The van der Waals surface area contributed by atoms with Gasteiger partial charge in [0.25, 0.3) is 5.91 Å². The highest BCUT2D eigenvalue weighted by atomic mass is 32.2. The molecular formula is C17H18N2O6S. The Morgan fingerprint density at radius 3 is 2.54 bits per heavy atom. The van der Waals surface area contributed by atoms with Crippen molar-refractivity contribution in [3.63, 3.8) is 0 Å². The van der Waals surface area contributed by atoms with Gasteiger partial charge in [0.05, 0.1) is 30.8 Å². The zero-order valence-electron chi connectivity index (χ0n) is 14.0. The predicted molar refractivity (Wildman–Crippen MR) is 94.4 cm³/mol. The third-order valence-corrected chi connectivity index (χ3v) is 4.66. The van der Waals surface area contributed by atoms with Crippen LogP contribution in [-0.4, -0.2) is 34.6 Å². The van der Waals surface area contributed by atoms with Gasteiger partial charge in [-0.2, -0.15) is 0 Å². The van der Waals surface area contributed by atoms with E-state index < -0.39 is 15.9 Å². The second-order valence-electron chi connectivity index (χ2n) is 5.57. The van der Waals surface area contributed by atoms with Gasteiger partial charge in [0, 0.05) is 18.2 Å². The zero-order chi connectivity index (χ0) is 18.7. The number of ether oxygens (including phenoxy) is 3. The molecule has 9 heteroatoms. The van der Waals surface area contributed by atoms with Crippen LogP contribution in [0, 0.1) is 0 Å². The number of hydrogen-bond donors (Lipinski definition) is 2. The molecule has 0 bridgehead atoms. The van der Waals surface area contributed by atoms with Gasteiger partial charge in [0.1, 0.15) is 5.75 Å². The summed E-state index contributed by atoms with van der Waals surface area (Å²) >= 11 is 0. The standard InChI is InChI=1S/C17H18N2O6S/c1-23-14-6-4-12(26(18,21)22)10-13(14)17(20)19-11-3-5-15-16(9-11)25-8-2-7-24-15/h3-6,9-10H,2,7-8H2,1H3,(H,19,20)(H2,18,21,22). The van der Waals surface area contributed by atoms with E-state index in [9.17, 15) is 13.2 Å². The van der Waals surface area contributed by atoms with Crippen LogP contribution in [0.2, 0.25) is 0 Å². The van der Waals surface area contributed by atoms with Gasteiger partial charge in [-0.15, -0.1) is 0 Å². The van der Waals surface area contributed by atoms with E-state index in [1.165, 1.54) is 25.3 Å². The molecule has 0 aromatic heterocycles. The molecule has 8 nitrogen and oxygen atoms in total. The van der Waals surface area contributed by atoms with E-state index in [-0.39, 0.29) is 16.2 Å². The molecule has 0 aliphatic carbocycles. The molecule has 3 N–H and O–H groups in total. The normalized spacial score (nSPS) is 13.6. The number of nitrogens with two attached hydrogens (primary N) is 1. The maximum Gasteiger partial charge on any atom is 0.259 e. The molecule has 1 aliphatic rings. The van der Waals surface area contributed by atoms with Gasteiger partial charge < -0.3 is 19.5 Å². The van der Waals surface area contributed by atoms with E-state index in [2.05, 4.69) is 5.32 Å². The molecule has 1 aliphatic heterocycles. The Bertz CT molecular complexity index is 942. The van der Waals surface area contributed by atoms with Crippen molar-refractivity contribution in [2.75, 3.05) is 25.6 Å². The van der Waals surface area contributed by atoms with Crippen LogP contribution in [0.1, 0.15) is 16.8 Å². The largest absolute Gasteiger partial charge is 0.496 e. The molecule has 26 heavy (non-hydrogen) atoms. The van der Waals surface area contributed by atoms with Crippen molar-refractivity contribution in [2.24, 2.45) is 5.14 Å². The highest BCUT2D eigenvalue weighted by molar-refractivity contribution is 7.89. The maximum atomic E-state index is 12.6. The Balaban J connectivity index is 1.89. The number of carbonyl (C=O) groups is 1. The van der Waals surface area contributed by atoms with Crippen molar-refractivity contribution in [1.82, 2.24) is 0 Å². The third-order valence-electron chi connectivity index (χ3n) is 3.75. The smallest absolute Gasteiger partial charge is 0.259 e. The summed E-state index contributed by atoms with van der Waals surface area (Å²) in [5, 5.41) is 7.82. The minimum atomic E-state index is -3.94. The molecular weight excluding hydrogens is 360 g/mol. The first-order valence-corrected chi connectivity index (χ1v) is 9.35. The van der Waals surface area contributed by atoms with E-state index >= 15 is 0 Å². The average Bonchev–Trinajstić information content (AvgIpc) is 2.85. The minimum absolute atomic E-state index is 0.0473. The number of carbonyl (C=O) groups excluding carboxylic acids is 1. The number of hydrogen-bond acceptors (Lipinski definition) is 6. The molecule has 2 aromatic carbocycles.